The molecule has 0 bridgehead atoms. The zero-order valence-corrected chi connectivity index (χ0v) is 34.4. The van der Waals surface area contributed by atoms with E-state index in [1.165, 1.54) is 59.1 Å². The molecule has 0 fully saturated rings. The second-order valence-corrected chi connectivity index (χ2v) is 17.0. The number of benzene rings is 9. The molecule has 0 amide bonds. The van der Waals surface area contributed by atoms with Crippen molar-refractivity contribution in [1.29, 1.82) is 0 Å². The topological polar surface area (TPSA) is 38.7 Å². The second-order valence-electron chi connectivity index (χ2n) is 15.9. The van der Waals surface area contributed by atoms with Gasteiger partial charge in [0.05, 0.1) is 5.41 Å². The monoisotopic (exact) mass is 807 g/mol. The molecule has 11 aromatic rings. The van der Waals surface area contributed by atoms with Gasteiger partial charge >= 0.3 is 0 Å². The Morgan fingerprint density at radius 1 is 0.290 bits per heavy atom. The van der Waals surface area contributed by atoms with Gasteiger partial charge in [-0.25, -0.2) is 15.0 Å². The van der Waals surface area contributed by atoms with Crippen LogP contribution < -0.4 is 0 Å². The van der Waals surface area contributed by atoms with Crippen molar-refractivity contribution in [2.45, 2.75) is 5.41 Å². The Morgan fingerprint density at radius 2 is 0.790 bits per heavy atom. The lowest BCUT2D eigenvalue weighted by atomic mass is 9.67. The molecule has 9 aromatic carbocycles. The van der Waals surface area contributed by atoms with Crippen LogP contribution in [0.15, 0.2) is 224 Å². The molecular weight excluding hydrogens is 771 g/mol. The van der Waals surface area contributed by atoms with Crippen molar-refractivity contribution >= 4 is 31.5 Å². The Kier molecular flexibility index (Phi) is 8.58. The summed E-state index contributed by atoms with van der Waals surface area (Å²) in [5, 5.41) is 2.55. The van der Waals surface area contributed by atoms with Crippen LogP contribution in [0.4, 0.5) is 0 Å². The fraction of sp³-hybridized carbons (Fsp3) is 0.0172. The summed E-state index contributed by atoms with van der Waals surface area (Å²) in [5.74, 6) is 1.88. The van der Waals surface area contributed by atoms with Gasteiger partial charge in [-0.05, 0) is 79.9 Å². The van der Waals surface area contributed by atoms with Crippen molar-refractivity contribution in [3.63, 3.8) is 0 Å². The summed E-state index contributed by atoms with van der Waals surface area (Å²) in [6, 6.07) is 80.6. The molecule has 0 atom stereocenters. The van der Waals surface area contributed by atoms with Crippen LogP contribution in [-0.2, 0) is 5.41 Å². The fourth-order valence-electron chi connectivity index (χ4n) is 9.59. The van der Waals surface area contributed by atoms with E-state index in [9.17, 15) is 0 Å². The molecule has 0 unspecified atom stereocenters. The fourth-order valence-corrected chi connectivity index (χ4v) is 10.7. The van der Waals surface area contributed by atoms with E-state index in [2.05, 4.69) is 200 Å². The van der Waals surface area contributed by atoms with Crippen molar-refractivity contribution in [2.75, 3.05) is 0 Å². The van der Waals surface area contributed by atoms with Crippen LogP contribution in [0.2, 0.25) is 0 Å². The number of rotatable bonds is 7. The second kappa shape index (κ2) is 14.7. The van der Waals surface area contributed by atoms with Gasteiger partial charge in [-0.2, -0.15) is 0 Å². The summed E-state index contributed by atoms with van der Waals surface area (Å²) in [4.78, 5) is 16.0. The SMILES string of the molecule is c1ccc(-c2ccc(-c3nc(-c4ccccc4)nc(-c4cc5c(cc4-c4ccc6c(c4)sc4ccccc46)-c4ccccc4C5(c4ccccc4)c4ccccc4)n3)cc2)cc1. The maximum absolute atomic E-state index is 5.43. The van der Waals surface area contributed by atoms with E-state index < -0.39 is 5.41 Å². The summed E-state index contributed by atoms with van der Waals surface area (Å²) in [7, 11) is 0. The predicted molar refractivity (Wildman–Crippen MR) is 257 cm³/mol. The molecule has 290 valence electrons. The Labute approximate surface area is 364 Å². The highest BCUT2D eigenvalue weighted by molar-refractivity contribution is 7.25. The summed E-state index contributed by atoms with van der Waals surface area (Å²) in [5.41, 5.74) is 14.0. The Morgan fingerprint density at radius 3 is 1.48 bits per heavy atom. The van der Waals surface area contributed by atoms with Gasteiger partial charge in [0.15, 0.2) is 17.5 Å². The molecule has 1 aliphatic carbocycles. The highest BCUT2D eigenvalue weighted by Crippen LogP contribution is 2.58. The van der Waals surface area contributed by atoms with E-state index in [-0.39, 0.29) is 0 Å². The van der Waals surface area contributed by atoms with Crippen LogP contribution in [-0.4, -0.2) is 15.0 Å². The van der Waals surface area contributed by atoms with Crippen LogP contribution in [0.5, 0.6) is 0 Å². The van der Waals surface area contributed by atoms with Gasteiger partial charge < -0.3 is 0 Å². The third kappa shape index (κ3) is 5.83. The van der Waals surface area contributed by atoms with Crippen LogP contribution >= 0.6 is 11.3 Å². The van der Waals surface area contributed by atoms with E-state index >= 15 is 0 Å². The van der Waals surface area contributed by atoms with E-state index in [1.54, 1.807) is 0 Å². The Bertz CT molecular complexity index is 3390. The van der Waals surface area contributed by atoms with Crippen molar-refractivity contribution in [2.24, 2.45) is 0 Å². The van der Waals surface area contributed by atoms with Crippen LogP contribution in [0, 0.1) is 0 Å². The molecule has 0 radical (unpaired) electrons. The summed E-state index contributed by atoms with van der Waals surface area (Å²) < 4.78 is 2.53. The highest BCUT2D eigenvalue weighted by atomic mass is 32.1. The van der Waals surface area contributed by atoms with Crippen molar-refractivity contribution in [3.8, 4) is 67.5 Å². The van der Waals surface area contributed by atoms with Crippen molar-refractivity contribution < 1.29 is 0 Å². The first-order valence-electron chi connectivity index (χ1n) is 21.0. The normalized spacial score (nSPS) is 12.6. The first-order valence-corrected chi connectivity index (χ1v) is 21.8. The van der Waals surface area contributed by atoms with Gasteiger partial charge in [-0.15, -0.1) is 11.3 Å². The maximum Gasteiger partial charge on any atom is 0.164 e. The highest BCUT2D eigenvalue weighted by Gasteiger charge is 2.46. The molecule has 0 saturated carbocycles. The largest absolute Gasteiger partial charge is 0.208 e. The summed E-state index contributed by atoms with van der Waals surface area (Å²) >= 11 is 1.84. The first kappa shape index (κ1) is 36.1. The average molecular weight is 808 g/mol. The molecular formula is C58H37N3S. The van der Waals surface area contributed by atoms with Crippen molar-refractivity contribution in [1.82, 2.24) is 15.0 Å². The van der Waals surface area contributed by atoms with E-state index in [0.29, 0.717) is 17.5 Å². The number of nitrogens with zero attached hydrogens (tertiary/aromatic N) is 3. The minimum Gasteiger partial charge on any atom is -0.208 e. The lowest BCUT2D eigenvalue weighted by Crippen LogP contribution is -2.28. The molecule has 0 spiro atoms. The van der Waals surface area contributed by atoms with Gasteiger partial charge in [-0.1, -0.05) is 200 Å². The lowest BCUT2D eigenvalue weighted by Gasteiger charge is -2.34. The maximum atomic E-state index is 5.43. The average Bonchev–Trinajstić information content (AvgIpc) is 3.87. The number of aromatic nitrogens is 3. The zero-order valence-electron chi connectivity index (χ0n) is 33.6. The smallest absolute Gasteiger partial charge is 0.164 e. The minimum atomic E-state index is -0.595. The molecule has 0 saturated heterocycles. The van der Waals surface area contributed by atoms with Gasteiger partial charge in [0.2, 0.25) is 0 Å². The Balaban J connectivity index is 1.16. The van der Waals surface area contributed by atoms with Crippen molar-refractivity contribution in [3.05, 3.63) is 247 Å². The predicted octanol–water partition coefficient (Wildman–Crippen LogP) is 14.9. The van der Waals surface area contributed by atoms with Crippen LogP contribution in [0.3, 0.4) is 0 Å². The summed E-state index contributed by atoms with van der Waals surface area (Å²) in [6.45, 7) is 0. The van der Waals surface area contributed by atoms with E-state index in [1.807, 2.05) is 35.6 Å². The number of hydrogen-bond donors (Lipinski definition) is 0. The van der Waals surface area contributed by atoms with Gasteiger partial charge in [0.25, 0.3) is 0 Å². The van der Waals surface area contributed by atoms with Gasteiger partial charge in [0, 0.05) is 36.9 Å². The minimum absolute atomic E-state index is 0.595. The first-order chi connectivity index (χ1) is 30.7. The molecule has 4 heteroatoms. The number of thiophene rings is 1. The van der Waals surface area contributed by atoms with Gasteiger partial charge in [-0.3, -0.25) is 0 Å². The molecule has 2 aromatic heterocycles. The van der Waals surface area contributed by atoms with E-state index in [4.69, 9.17) is 15.0 Å². The third-order valence-electron chi connectivity index (χ3n) is 12.4. The zero-order chi connectivity index (χ0) is 41.0. The molecule has 0 N–H and O–H groups in total. The van der Waals surface area contributed by atoms with Crippen LogP contribution in [0.1, 0.15) is 22.3 Å². The van der Waals surface area contributed by atoms with Crippen LogP contribution in [0.25, 0.3) is 87.7 Å². The quantitative estimate of drug-likeness (QED) is 0.161. The molecule has 1 aliphatic rings. The third-order valence-corrected chi connectivity index (χ3v) is 13.6. The lowest BCUT2D eigenvalue weighted by molar-refractivity contribution is 0.768. The van der Waals surface area contributed by atoms with E-state index in [0.717, 1.165) is 33.4 Å². The molecule has 62 heavy (non-hydrogen) atoms. The van der Waals surface area contributed by atoms with Gasteiger partial charge in [0.1, 0.15) is 0 Å². The summed E-state index contributed by atoms with van der Waals surface area (Å²) in [6.07, 6.45) is 0. The standard InChI is InChI=1S/C58H37N3S/c1-5-17-38(18-6-1)39-29-31-41(32-30-39)56-59-55(40-19-7-2-8-20-40)60-57(61-56)50-37-52-49(36-48(50)42-33-34-47-46-26-14-16-28-53(46)62-54(47)35-42)45-25-13-15-27-51(45)58(52,43-21-9-3-10-22-43)44-23-11-4-12-24-44/h1-37H. The molecule has 12 rings (SSSR count). The molecule has 3 nitrogen and oxygen atoms in total. The number of fused-ring (bicyclic) bond motifs is 6. The molecule has 0 aliphatic heterocycles. The Hall–Kier alpha value is -7.79. The number of hydrogen-bond acceptors (Lipinski definition) is 4. The molecule has 2 heterocycles.